The number of alkyl halides is 3. The standard InChI is InChI=1S/C12H8ClF3N2O/c1-19-10-6-9(11(13)18-17-10)7-2-4-8(5-3-7)12(14,15)16/h2-6H,1H3. The van der Waals surface area contributed by atoms with E-state index < -0.39 is 11.7 Å². The fourth-order valence-electron chi connectivity index (χ4n) is 1.50. The zero-order chi connectivity index (χ0) is 14.0. The quantitative estimate of drug-likeness (QED) is 0.842. The number of aromatic nitrogens is 2. The number of hydrogen-bond acceptors (Lipinski definition) is 3. The van der Waals surface area contributed by atoms with Crippen LogP contribution in [0, 0.1) is 0 Å². The molecule has 0 N–H and O–H groups in total. The largest absolute Gasteiger partial charge is 0.480 e. The topological polar surface area (TPSA) is 35.0 Å². The molecule has 1 aromatic carbocycles. The summed E-state index contributed by atoms with van der Waals surface area (Å²) in [7, 11) is 1.41. The number of nitrogens with zero attached hydrogens (tertiary/aromatic N) is 2. The summed E-state index contributed by atoms with van der Waals surface area (Å²) in [6.07, 6.45) is -4.36. The molecule has 0 radical (unpaired) electrons. The summed E-state index contributed by atoms with van der Waals surface area (Å²) in [6, 6.07) is 6.13. The molecule has 0 atom stereocenters. The summed E-state index contributed by atoms with van der Waals surface area (Å²) in [5.41, 5.74) is 0.245. The minimum atomic E-state index is -4.36. The van der Waals surface area contributed by atoms with E-state index in [4.69, 9.17) is 16.3 Å². The monoisotopic (exact) mass is 288 g/mol. The molecule has 0 aliphatic carbocycles. The first-order valence-electron chi connectivity index (χ1n) is 5.16. The van der Waals surface area contributed by atoms with Crippen molar-refractivity contribution >= 4 is 11.6 Å². The Hall–Kier alpha value is -1.82. The van der Waals surface area contributed by atoms with Crippen molar-refractivity contribution in [1.29, 1.82) is 0 Å². The van der Waals surface area contributed by atoms with Crippen molar-refractivity contribution in [2.45, 2.75) is 6.18 Å². The van der Waals surface area contributed by atoms with E-state index in [0.717, 1.165) is 12.1 Å². The van der Waals surface area contributed by atoms with Gasteiger partial charge in [-0.1, -0.05) is 23.7 Å². The smallest absolute Gasteiger partial charge is 0.416 e. The molecule has 0 amide bonds. The molecular formula is C12H8ClF3N2O. The molecular weight excluding hydrogens is 281 g/mol. The Morgan fingerprint density at radius 2 is 1.74 bits per heavy atom. The minimum Gasteiger partial charge on any atom is -0.480 e. The van der Waals surface area contributed by atoms with Gasteiger partial charge < -0.3 is 4.74 Å². The lowest BCUT2D eigenvalue weighted by atomic mass is 10.1. The van der Waals surface area contributed by atoms with E-state index >= 15 is 0 Å². The zero-order valence-electron chi connectivity index (χ0n) is 9.70. The van der Waals surface area contributed by atoms with Crippen LogP contribution in [-0.4, -0.2) is 17.3 Å². The Morgan fingerprint density at radius 3 is 2.26 bits per heavy atom. The lowest BCUT2D eigenvalue weighted by Crippen LogP contribution is -2.04. The first kappa shape index (κ1) is 13.6. The highest BCUT2D eigenvalue weighted by atomic mass is 35.5. The van der Waals surface area contributed by atoms with Crippen LogP contribution < -0.4 is 4.74 Å². The molecule has 0 unspecified atom stereocenters. The van der Waals surface area contributed by atoms with Crippen LogP contribution in [0.4, 0.5) is 13.2 Å². The van der Waals surface area contributed by atoms with Crippen molar-refractivity contribution in [2.24, 2.45) is 0 Å². The SMILES string of the molecule is COc1cc(-c2ccc(C(F)(F)F)cc2)c(Cl)nn1. The van der Waals surface area contributed by atoms with Gasteiger partial charge in [-0.3, -0.25) is 0 Å². The van der Waals surface area contributed by atoms with Crippen LogP contribution in [0.5, 0.6) is 5.88 Å². The van der Waals surface area contributed by atoms with Crippen molar-refractivity contribution in [3.63, 3.8) is 0 Å². The number of halogens is 4. The second-order valence-corrected chi connectivity index (χ2v) is 4.02. The summed E-state index contributed by atoms with van der Waals surface area (Å²) >= 11 is 5.87. The maximum atomic E-state index is 12.5. The van der Waals surface area contributed by atoms with Crippen molar-refractivity contribution < 1.29 is 17.9 Å². The van der Waals surface area contributed by atoms with E-state index in [1.54, 1.807) is 0 Å². The van der Waals surface area contributed by atoms with E-state index in [2.05, 4.69) is 10.2 Å². The van der Waals surface area contributed by atoms with Crippen LogP contribution in [-0.2, 0) is 6.18 Å². The average Bonchev–Trinajstić information content (AvgIpc) is 2.38. The molecule has 100 valence electrons. The van der Waals surface area contributed by atoms with Gasteiger partial charge in [0, 0.05) is 11.6 Å². The van der Waals surface area contributed by atoms with Gasteiger partial charge in [0.25, 0.3) is 0 Å². The first-order chi connectivity index (χ1) is 8.91. The molecule has 0 aliphatic heterocycles. The van der Waals surface area contributed by atoms with Gasteiger partial charge in [0.05, 0.1) is 12.7 Å². The van der Waals surface area contributed by atoms with E-state index in [1.807, 2.05) is 0 Å². The molecule has 19 heavy (non-hydrogen) atoms. The van der Waals surface area contributed by atoms with Crippen LogP contribution in [0.25, 0.3) is 11.1 Å². The van der Waals surface area contributed by atoms with E-state index in [-0.39, 0.29) is 11.0 Å². The highest BCUT2D eigenvalue weighted by molar-refractivity contribution is 6.32. The average molecular weight is 289 g/mol. The molecule has 0 bridgehead atoms. The van der Waals surface area contributed by atoms with Gasteiger partial charge in [-0.25, -0.2) is 0 Å². The fraction of sp³-hybridized carbons (Fsp3) is 0.167. The molecule has 0 saturated heterocycles. The van der Waals surface area contributed by atoms with Gasteiger partial charge in [0.2, 0.25) is 5.88 Å². The highest BCUT2D eigenvalue weighted by Crippen LogP contribution is 2.33. The third-order valence-electron chi connectivity index (χ3n) is 2.46. The Kier molecular flexibility index (Phi) is 3.61. The highest BCUT2D eigenvalue weighted by Gasteiger charge is 2.30. The van der Waals surface area contributed by atoms with Gasteiger partial charge >= 0.3 is 6.18 Å². The molecule has 7 heteroatoms. The van der Waals surface area contributed by atoms with Gasteiger partial charge in [-0.15, -0.1) is 10.2 Å². The summed E-state index contributed by atoms with van der Waals surface area (Å²) < 4.78 is 42.3. The molecule has 0 fully saturated rings. The lowest BCUT2D eigenvalue weighted by Gasteiger charge is -2.08. The van der Waals surface area contributed by atoms with Crippen LogP contribution in [0.2, 0.25) is 5.15 Å². The fourth-order valence-corrected chi connectivity index (χ4v) is 1.70. The first-order valence-corrected chi connectivity index (χ1v) is 5.54. The lowest BCUT2D eigenvalue weighted by molar-refractivity contribution is -0.137. The van der Waals surface area contributed by atoms with Crippen molar-refractivity contribution in [3.05, 3.63) is 41.0 Å². The number of methoxy groups -OCH3 is 1. The molecule has 0 saturated carbocycles. The predicted molar refractivity (Wildman–Crippen MR) is 64.0 cm³/mol. The van der Waals surface area contributed by atoms with Crippen LogP contribution in [0.1, 0.15) is 5.56 Å². The summed E-state index contributed by atoms with van der Waals surface area (Å²) in [4.78, 5) is 0. The summed E-state index contributed by atoms with van der Waals surface area (Å²) in [5, 5.41) is 7.42. The number of benzene rings is 1. The number of rotatable bonds is 2. The van der Waals surface area contributed by atoms with Gasteiger partial charge in [-0.2, -0.15) is 13.2 Å². The van der Waals surface area contributed by atoms with E-state index in [1.165, 1.54) is 25.3 Å². The molecule has 2 aromatic rings. The summed E-state index contributed by atoms with van der Waals surface area (Å²) in [6.45, 7) is 0. The Balaban J connectivity index is 2.42. The number of hydrogen-bond donors (Lipinski definition) is 0. The van der Waals surface area contributed by atoms with Crippen LogP contribution in [0.15, 0.2) is 30.3 Å². The van der Waals surface area contributed by atoms with Crippen molar-refractivity contribution in [3.8, 4) is 17.0 Å². The molecule has 3 nitrogen and oxygen atoms in total. The Labute approximate surface area is 112 Å². The van der Waals surface area contributed by atoms with Gasteiger partial charge in [-0.05, 0) is 17.7 Å². The van der Waals surface area contributed by atoms with Crippen molar-refractivity contribution in [1.82, 2.24) is 10.2 Å². The molecule has 1 heterocycles. The second kappa shape index (κ2) is 5.05. The Morgan fingerprint density at radius 1 is 1.11 bits per heavy atom. The molecule has 0 aliphatic rings. The third-order valence-corrected chi connectivity index (χ3v) is 2.74. The van der Waals surface area contributed by atoms with Crippen LogP contribution >= 0.6 is 11.6 Å². The normalized spacial score (nSPS) is 11.4. The second-order valence-electron chi connectivity index (χ2n) is 3.67. The van der Waals surface area contributed by atoms with Gasteiger partial charge in [0.15, 0.2) is 5.15 Å². The van der Waals surface area contributed by atoms with E-state index in [0.29, 0.717) is 11.1 Å². The third kappa shape index (κ3) is 2.96. The van der Waals surface area contributed by atoms with Crippen molar-refractivity contribution in [2.75, 3.05) is 7.11 Å². The minimum absolute atomic E-state index is 0.0977. The van der Waals surface area contributed by atoms with Crippen LogP contribution in [0.3, 0.4) is 0 Å². The summed E-state index contributed by atoms with van der Waals surface area (Å²) in [5.74, 6) is 0.235. The molecule has 1 aromatic heterocycles. The number of ether oxygens (including phenoxy) is 1. The zero-order valence-corrected chi connectivity index (χ0v) is 10.5. The molecule has 2 rings (SSSR count). The molecule has 0 spiro atoms. The maximum Gasteiger partial charge on any atom is 0.416 e. The predicted octanol–water partition coefficient (Wildman–Crippen LogP) is 3.82. The maximum absolute atomic E-state index is 12.5. The van der Waals surface area contributed by atoms with Gasteiger partial charge in [0.1, 0.15) is 0 Å². The Bertz CT molecular complexity index is 585. The van der Waals surface area contributed by atoms with E-state index in [9.17, 15) is 13.2 Å².